The number of rotatable bonds is 7. The molecule has 126 valence electrons. The molecular formula is C16H23N3O3S. The fourth-order valence-corrected chi connectivity index (χ4v) is 2.91. The van der Waals surface area contributed by atoms with Crippen LogP contribution in [-0.4, -0.2) is 42.1 Å². The van der Waals surface area contributed by atoms with Gasteiger partial charge >= 0.3 is 0 Å². The Labute approximate surface area is 137 Å². The smallest absolute Gasteiger partial charge is 0.175 e. The molecule has 2 N–H and O–H groups in total. The van der Waals surface area contributed by atoms with Crippen molar-refractivity contribution in [2.24, 2.45) is 0 Å². The summed E-state index contributed by atoms with van der Waals surface area (Å²) in [5.74, 6) is 0. The van der Waals surface area contributed by atoms with Crippen molar-refractivity contribution in [3.8, 4) is 0 Å². The highest BCUT2D eigenvalue weighted by Gasteiger charge is 2.12. The van der Waals surface area contributed by atoms with Gasteiger partial charge in [0.1, 0.15) is 0 Å². The number of hydrogen-bond donors (Lipinski definition) is 2. The molecule has 0 aliphatic rings. The maximum Gasteiger partial charge on any atom is 0.175 e. The van der Waals surface area contributed by atoms with Crippen LogP contribution in [0.4, 0.5) is 0 Å². The van der Waals surface area contributed by atoms with E-state index in [2.05, 4.69) is 10.4 Å². The summed E-state index contributed by atoms with van der Waals surface area (Å²) in [5.41, 5.74) is 1.80. The quantitative estimate of drug-likeness (QED) is 0.796. The Balaban J connectivity index is 1.87. The normalized spacial score (nSPS) is 14.6. The lowest BCUT2D eigenvalue weighted by Crippen LogP contribution is -2.33. The monoisotopic (exact) mass is 337 g/mol. The zero-order valence-electron chi connectivity index (χ0n) is 13.6. The molecule has 7 heteroatoms. The first-order chi connectivity index (χ1) is 10.8. The number of sulfone groups is 1. The number of nitrogens with one attached hydrogen (secondary N) is 1. The summed E-state index contributed by atoms with van der Waals surface area (Å²) >= 11 is 0. The number of nitrogens with zero attached hydrogens (tertiary/aromatic N) is 2. The van der Waals surface area contributed by atoms with E-state index in [9.17, 15) is 13.5 Å². The molecule has 1 aromatic carbocycles. The van der Waals surface area contributed by atoms with Crippen LogP contribution < -0.4 is 5.32 Å². The van der Waals surface area contributed by atoms with Crippen molar-refractivity contribution in [2.75, 3.05) is 12.8 Å². The first-order valence-corrected chi connectivity index (χ1v) is 9.35. The molecule has 0 saturated heterocycles. The molecule has 1 heterocycles. The lowest BCUT2D eigenvalue weighted by atomic mass is 10.1. The molecule has 0 fully saturated rings. The second-order valence-electron chi connectivity index (χ2n) is 5.91. The van der Waals surface area contributed by atoms with Gasteiger partial charge in [0, 0.05) is 25.0 Å². The van der Waals surface area contributed by atoms with Crippen molar-refractivity contribution in [3.63, 3.8) is 0 Å². The van der Waals surface area contributed by atoms with Gasteiger partial charge in [-0.1, -0.05) is 12.1 Å². The number of aryl methyl sites for hydroxylation is 1. The topological polar surface area (TPSA) is 84.2 Å². The highest BCUT2D eigenvalue weighted by atomic mass is 32.2. The molecule has 1 aromatic heterocycles. The highest BCUT2D eigenvalue weighted by Crippen LogP contribution is 2.16. The molecule has 2 atom stereocenters. The van der Waals surface area contributed by atoms with Gasteiger partial charge in [-0.2, -0.15) is 5.10 Å². The van der Waals surface area contributed by atoms with Crippen LogP contribution in [0.5, 0.6) is 0 Å². The second-order valence-corrected chi connectivity index (χ2v) is 7.92. The van der Waals surface area contributed by atoms with Crippen molar-refractivity contribution in [1.29, 1.82) is 0 Å². The molecule has 0 amide bonds. The van der Waals surface area contributed by atoms with E-state index in [-0.39, 0.29) is 10.9 Å². The van der Waals surface area contributed by atoms with Crippen molar-refractivity contribution in [3.05, 3.63) is 47.8 Å². The Bertz CT molecular complexity index is 738. The molecule has 0 spiro atoms. The zero-order chi connectivity index (χ0) is 17.0. The summed E-state index contributed by atoms with van der Waals surface area (Å²) in [6.45, 7) is 5.12. The van der Waals surface area contributed by atoms with Crippen molar-refractivity contribution in [2.45, 2.75) is 37.4 Å². The van der Waals surface area contributed by atoms with Gasteiger partial charge in [0.2, 0.25) is 0 Å². The number of aromatic nitrogens is 2. The molecule has 6 nitrogen and oxygen atoms in total. The fraction of sp³-hybridized carbons (Fsp3) is 0.438. The third-order valence-electron chi connectivity index (χ3n) is 3.58. The van der Waals surface area contributed by atoms with Gasteiger partial charge < -0.3 is 10.4 Å². The molecule has 2 rings (SSSR count). The van der Waals surface area contributed by atoms with E-state index in [1.165, 1.54) is 18.4 Å². The van der Waals surface area contributed by atoms with E-state index < -0.39 is 15.9 Å². The predicted octanol–water partition coefficient (Wildman–Crippen LogP) is 1.31. The second kappa shape index (κ2) is 7.25. The first kappa shape index (κ1) is 17.7. The first-order valence-electron chi connectivity index (χ1n) is 7.46. The minimum atomic E-state index is -3.21. The van der Waals surface area contributed by atoms with Crippen LogP contribution in [0.3, 0.4) is 0 Å². The number of hydrogen-bond acceptors (Lipinski definition) is 5. The molecule has 2 aromatic rings. The fourth-order valence-electron chi connectivity index (χ4n) is 2.28. The summed E-state index contributed by atoms with van der Waals surface area (Å²) in [6.07, 6.45) is 4.26. The standard InChI is InChI=1S/C16H23N3O3S/c1-12-8-18-19(10-12)11-13(2)17-9-16(20)14-4-6-15(7-5-14)23(3,21)22/h4-8,10,13,16-17,20H,9,11H2,1-3H3/t13-,16-/m1/s1. The molecular weight excluding hydrogens is 314 g/mol. The van der Waals surface area contributed by atoms with Crippen molar-refractivity contribution in [1.82, 2.24) is 15.1 Å². The maximum absolute atomic E-state index is 11.4. The lowest BCUT2D eigenvalue weighted by Gasteiger charge is -2.17. The zero-order valence-corrected chi connectivity index (χ0v) is 14.4. The third kappa shape index (κ3) is 5.16. The van der Waals surface area contributed by atoms with E-state index in [0.29, 0.717) is 18.7 Å². The van der Waals surface area contributed by atoms with Gasteiger partial charge in [-0.3, -0.25) is 4.68 Å². The Kier molecular flexibility index (Phi) is 5.56. The minimum Gasteiger partial charge on any atom is -0.387 e. The van der Waals surface area contributed by atoms with Gasteiger partial charge in [-0.15, -0.1) is 0 Å². The number of benzene rings is 1. The molecule has 0 aliphatic heterocycles. The van der Waals surface area contributed by atoms with Crippen LogP contribution >= 0.6 is 0 Å². The van der Waals surface area contributed by atoms with Crippen LogP contribution in [0.25, 0.3) is 0 Å². The van der Waals surface area contributed by atoms with Crippen LogP contribution in [0.2, 0.25) is 0 Å². The summed E-state index contributed by atoms with van der Waals surface area (Å²) in [4.78, 5) is 0.254. The summed E-state index contributed by atoms with van der Waals surface area (Å²) in [7, 11) is -3.21. The highest BCUT2D eigenvalue weighted by molar-refractivity contribution is 7.90. The Morgan fingerprint density at radius 3 is 2.48 bits per heavy atom. The minimum absolute atomic E-state index is 0.152. The maximum atomic E-state index is 11.4. The lowest BCUT2D eigenvalue weighted by molar-refractivity contribution is 0.169. The van der Waals surface area contributed by atoms with Crippen LogP contribution in [0.1, 0.15) is 24.2 Å². The number of aliphatic hydroxyl groups is 1. The van der Waals surface area contributed by atoms with E-state index in [1.54, 1.807) is 12.1 Å². The molecule has 0 saturated carbocycles. The Morgan fingerprint density at radius 2 is 1.96 bits per heavy atom. The van der Waals surface area contributed by atoms with E-state index >= 15 is 0 Å². The molecule has 0 radical (unpaired) electrons. The van der Waals surface area contributed by atoms with Crippen molar-refractivity contribution >= 4 is 9.84 Å². The van der Waals surface area contributed by atoms with Gasteiger partial charge in [0.15, 0.2) is 9.84 Å². The molecule has 23 heavy (non-hydrogen) atoms. The van der Waals surface area contributed by atoms with Gasteiger partial charge in [-0.05, 0) is 37.1 Å². The van der Waals surface area contributed by atoms with Crippen LogP contribution in [0.15, 0.2) is 41.6 Å². The molecule has 0 unspecified atom stereocenters. The van der Waals surface area contributed by atoms with E-state index in [0.717, 1.165) is 5.56 Å². The van der Waals surface area contributed by atoms with Gasteiger partial charge in [-0.25, -0.2) is 8.42 Å². The molecule has 0 aliphatic carbocycles. The SMILES string of the molecule is Cc1cnn(C[C@@H](C)NC[C@@H](O)c2ccc(S(C)(=O)=O)cc2)c1. The number of aliphatic hydroxyl groups excluding tert-OH is 1. The average molecular weight is 337 g/mol. The van der Waals surface area contributed by atoms with Gasteiger partial charge in [0.25, 0.3) is 0 Å². The summed E-state index contributed by atoms with van der Waals surface area (Å²) in [6, 6.07) is 6.47. The largest absolute Gasteiger partial charge is 0.387 e. The summed E-state index contributed by atoms with van der Waals surface area (Å²) in [5, 5.41) is 17.7. The van der Waals surface area contributed by atoms with Crippen LogP contribution in [-0.2, 0) is 16.4 Å². The Hall–Kier alpha value is -1.70. The average Bonchev–Trinajstić information content (AvgIpc) is 2.89. The summed E-state index contributed by atoms with van der Waals surface area (Å²) < 4.78 is 24.7. The van der Waals surface area contributed by atoms with Crippen molar-refractivity contribution < 1.29 is 13.5 Å². The van der Waals surface area contributed by atoms with Gasteiger partial charge in [0.05, 0.1) is 23.7 Å². The molecule has 0 bridgehead atoms. The third-order valence-corrected chi connectivity index (χ3v) is 4.70. The van der Waals surface area contributed by atoms with E-state index in [1.807, 2.05) is 30.9 Å². The Morgan fingerprint density at radius 1 is 1.30 bits per heavy atom. The van der Waals surface area contributed by atoms with Crippen LogP contribution in [0, 0.1) is 6.92 Å². The predicted molar refractivity (Wildman–Crippen MR) is 88.9 cm³/mol. The van der Waals surface area contributed by atoms with E-state index in [4.69, 9.17) is 0 Å².